The van der Waals surface area contributed by atoms with Crippen LogP contribution in [-0.2, 0) is 16.0 Å². The summed E-state index contributed by atoms with van der Waals surface area (Å²) in [6.07, 6.45) is 1.18. The molecule has 1 rings (SSSR count). The molecule has 3 N–H and O–H groups in total. The van der Waals surface area contributed by atoms with Crippen LogP contribution in [0.4, 0.5) is 5.95 Å². The molecule has 19 heavy (non-hydrogen) atoms. The number of nitrogens with one attached hydrogen (secondary N) is 3. The minimum atomic E-state index is -0.291. The Balaban J connectivity index is 2.72. The maximum atomic E-state index is 11.8. The maximum absolute atomic E-state index is 11.8. The minimum absolute atomic E-state index is 0.0928. The average Bonchev–Trinajstić information content (AvgIpc) is 2.25. The topological polar surface area (TPSA) is 104 Å². The summed E-state index contributed by atoms with van der Waals surface area (Å²) in [5.41, 5.74) is 0.883. The molecule has 0 bridgehead atoms. The molecule has 104 valence electrons. The Labute approximate surface area is 110 Å². The molecule has 0 radical (unpaired) electrons. The van der Waals surface area contributed by atoms with Gasteiger partial charge in [-0.05, 0) is 19.8 Å². The van der Waals surface area contributed by atoms with Gasteiger partial charge in [-0.3, -0.25) is 24.7 Å². The highest BCUT2D eigenvalue weighted by atomic mass is 16.2. The van der Waals surface area contributed by atoms with Gasteiger partial charge < -0.3 is 5.32 Å². The molecular formula is C12H18N4O3. The van der Waals surface area contributed by atoms with Crippen molar-refractivity contribution in [1.29, 1.82) is 0 Å². The molecule has 0 aliphatic rings. The van der Waals surface area contributed by atoms with Crippen molar-refractivity contribution in [3.05, 3.63) is 21.6 Å². The van der Waals surface area contributed by atoms with Gasteiger partial charge in [0.25, 0.3) is 5.56 Å². The van der Waals surface area contributed by atoms with Crippen LogP contribution in [0.1, 0.15) is 31.5 Å². The summed E-state index contributed by atoms with van der Waals surface area (Å²) >= 11 is 0. The summed E-state index contributed by atoms with van der Waals surface area (Å²) in [6.45, 7) is 5.02. The van der Waals surface area contributed by atoms with Crippen LogP contribution in [0.25, 0.3) is 0 Å². The van der Waals surface area contributed by atoms with E-state index in [9.17, 15) is 14.4 Å². The van der Waals surface area contributed by atoms with Crippen LogP contribution in [0, 0.1) is 6.92 Å². The number of amides is 2. The van der Waals surface area contributed by atoms with E-state index in [0.717, 1.165) is 0 Å². The highest BCUT2D eigenvalue weighted by Crippen LogP contribution is 2.04. The molecule has 0 aliphatic carbocycles. The Morgan fingerprint density at radius 1 is 1.26 bits per heavy atom. The molecule has 1 aromatic rings. The van der Waals surface area contributed by atoms with Crippen LogP contribution in [0.2, 0.25) is 0 Å². The highest BCUT2D eigenvalue weighted by molar-refractivity contribution is 5.86. The lowest BCUT2D eigenvalue weighted by Gasteiger charge is -2.07. The summed E-state index contributed by atoms with van der Waals surface area (Å²) in [4.78, 5) is 40.0. The second-order valence-electron chi connectivity index (χ2n) is 4.25. The number of hydrogen-bond acceptors (Lipinski definition) is 4. The number of anilines is 1. The van der Waals surface area contributed by atoms with E-state index in [-0.39, 0.29) is 23.3 Å². The Morgan fingerprint density at radius 3 is 2.47 bits per heavy atom. The highest BCUT2D eigenvalue weighted by Gasteiger charge is 2.08. The number of nitrogens with zero attached hydrogens (tertiary/aromatic N) is 1. The van der Waals surface area contributed by atoms with Gasteiger partial charge in [0, 0.05) is 31.6 Å². The summed E-state index contributed by atoms with van der Waals surface area (Å²) in [7, 11) is 0. The Bertz CT molecular complexity index is 536. The lowest BCUT2D eigenvalue weighted by atomic mass is 10.1. The molecule has 0 aliphatic heterocycles. The zero-order valence-electron chi connectivity index (χ0n) is 11.3. The van der Waals surface area contributed by atoms with E-state index in [0.29, 0.717) is 30.6 Å². The number of aromatic nitrogens is 2. The zero-order valence-corrected chi connectivity index (χ0v) is 11.3. The molecule has 7 nitrogen and oxygen atoms in total. The van der Waals surface area contributed by atoms with E-state index in [1.807, 2.05) is 0 Å². The van der Waals surface area contributed by atoms with Gasteiger partial charge in [0.05, 0.1) is 0 Å². The van der Waals surface area contributed by atoms with E-state index in [1.54, 1.807) is 6.92 Å². The number of hydrogen-bond donors (Lipinski definition) is 3. The third-order valence-electron chi connectivity index (χ3n) is 2.49. The molecule has 1 heterocycles. The second-order valence-corrected chi connectivity index (χ2v) is 4.25. The Hall–Kier alpha value is -2.18. The van der Waals surface area contributed by atoms with Gasteiger partial charge >= 0.3 is 0 Å². The molecular weight excluding hydrogens is 248 g/mol. The lowest BCUT2D eigenvalue weighted by molar-refractivity contribution is -0.119. The quantitative estimate of drug-likeness (QED) is 0.658. The smallest absolute Gasteiger partial charge is 0.255 e. The van der Waals surface area contributed by atoms with Crippen LogP contribution in [0.3, 0.4) is 0 Å². The number of aryl methyl sites for hydroxylation is 1. The monoisotopic (exact) mass is 266 g/mol. The number of H-pyrrole nitrogens is 1. The fraction of sp³-hybridized carbons (Fsp3) is 0.500. The molecule has 0 atom stereocenters. The van der Waals surface area contributed by atoms with E-state index in [2.05, 4.69) is 20.6 Å². The molecule has 0 spiro atoms. The normalized spacial score (nSPS) is 10.1. The summed E-state index contributed by atoms with van der Waals surface area (Å²) in [5, 5.41) is 5.10. The van der Waals surface area contributed by atoms with E-state index in [1.165, 1.54) is 13.8 Å². The van der Waals surface area contributed by atoms with E-state index < -0.39 is 0 Å². The molecule has 0 aromatic carbocycles. The standard InChI is InChI=1S/C12H18N4O3/c1-7-10(5-4-6-13-8(2)17)11(19)16-12(14-7)15-9(3)18/h4-6H2,1-3H3,(H,13,17)(H2,14,15,16,18,19). The van der Waals surface area contributed by atoms with Gasteiger partial charge in [0.2, 0.25) is 17.8 Å². The molecule has 0 saturated heterocycles. The van der Waals surface area contributed by atoms with E-state index >= 15 is 0 Å². The van der Waals surface area contributed by atoms with Gasteiger partial charge in [0.15, 0.2) is 0 Å². The third kappa shape index (κ3) is 4.90. The number of carbonyl (C=O) groups excluding carboxylic acids is 2. The maximum Gasteiger partial charge on any atom is 0.255 e. The summed E-state index contributed by atoms with van der Waals surface area (Å²) in [6, 6.07) is 0. The van der Waals surface area contributed by atoms with Crippen molar-refractivity contribution in [3.63, 3.8) is 0 Å². The van der Waals surface area contributed by atoms with Crippen LogP contribution in [0.5, 0.6) is 0 Å². The Kier molecular flexibility index (Phi) is 5.23. The first-order valence-electron chi connectivity index (χ1n) is 6.02. The molecule has 2 amide bonds. The van der Waals surface area contributed by atoms with Crippen molar-refractivity contribution in [3.8, 4) is 0 Å². The van der Waals surface area contributed by atoms with Gasteiger partial charge in [0.1, 0.15) is 0 Å². The van der Waals surface area contributed by atoms with Gasteiger partial charge in [-0.25, -0.2) is 4.98 Å². The van der Waals surface area contributed by atoms with Crippen molar-refractivity contribution in [2.24, 2.45) is 0 Å². The third-order valence-corrected chi connectivity index (χ3v) is 2.49. The minimum Gasteiger partial charge on any atom is -0.356 e. The molecule has 7 heteroatoms. The van der Waals surface area contributed by atoms with Crippen LogP contribution < -0.4 is 16.2 Å². The van der Waals surface area contributed by atoms with Crippen molar-refractivity contribution in [2.75, 3.05) is 11.9 Å². The number of carbonyl (C=O) groups is 2. The average molecular weight is 266 g/mol. The summed E-state index contributed by atoms with van der Waals surface area (Å²) < 4.78 is 0. The SMILES string of the molecule is CC(=O)NCCCc1c(C)nc(NC(C)=O)[nH]c1=O. The van der Waals surface area contributed by atoms with Gasteiger partial charge in [-0.15, -0.1) is 0 Å². The van der Waals surface area contributed by atoms with Crippen LogP contribution in [-0.4, -0.2) is 28.3 Å². The zero-order chi connectivity index (χ0) is 14.4. The van der Waals surface area contributed by atoms with Crippen LogP contribution in [0.15, 0.2) is 4.79 Å². The molecule has 0 fully saturated rings. The first-order valence-corrected chi connectivity index (χ1v) is 6.02. The first-order chi connectivity index (χ1) is 8.90. The van der Waals surface area contributed by atoms with Crippen molar-refractivity contribution < 1.29 is 9.59 Å². The predicted octanol–water partition coefficient (Wildman–Crippen LogP) is 0.105. The Morgan fingerprint density at radius 2 is 1.95 bits per heavy atom. The second kappa shape index (κ2) is 6.67. The van der Waals surface area contributed by atoms with Crippen molar-refractivity contribution in [2.45, 2.75) is 33.6 Å². The predicted molar refractivity (Wildman–Crippen MR) is 70.9 cm³/mol. The molecule has 1 aromatic heterocycles. The number of aromatic amines is 1. The molecule has 0 unspecified atom stereocenters. The van der Waals surface area contributed by atoms with Crippen molar-refractivity contribution in [1.82, 2.24) is 15.3 Å². The van der Waals surface area contributed by atoms with Crippen molar-refractivity contribution >= 4 is 17.8 Å². The fourth-order valence-electron chi connectivity index (χ4n) is 1.66. The number of rotatable bonds is 5. The summed E-state index contributed by atoms with van der Waals surface area (Å²) in [5.74, 6) is -0.230. The van der Waals surface area contributed by atoms with Crippen LogP contribution >= 0.6 is 0 Å². The van der Waals surface area contributed by atoms with E-state index in [4.69, 9.17) is 0 Å². The molecule has 0 saturated carbocycles. The lowest BCUT2D eigenvalue weighted by Crippen LogP contribution is -2.24. The van der Waals surface area contributed by atoms with Gasteiger partial charge in [-0.2, -0.15) is 0 Å². The van der Waals surface area contributed by atoms with Gasteiger partial charge in [-0.1, -0.05) is 0 Å². The fourth-order valence-corrected chi connectivity index (χ4v) is 1.66. The largest absolute Gasteiger partial charge is 0.356 e. The first kappa shape index (κ1) is 14.9.